The third-order valence-electron chi connectivity index (χ3n) is 7.75. The molecule has 0 bridgehead atoms. The van der Waals surface area contributed by atoms with Crippen LogP contribution >= 0.6 is 0 Å². The first-order valence-corrected chi connectivity index (χ1v) is 13.4. The van der Waals surface area contributed by atoms with Gasteiger partial charge in [-0.3, -0.25) is 4.21 Å². The standard InChI is InChI=1S/C26H26FN5OS/c27-20-2-1-3-21(11-20)28-25-24-23(8-9-34(24)33)29-26(30-25)32-14-18-12-31(13-19(18)15-32)22-7-6-16-4-5-17(16)10-22/h1-3,6-7,10-11,18-19H,4-5,8-9,12-15H2,(H,28,29,30)/t18?,19?,34-/m1/s1. The van der Waals surface area contributed by atoms with Crippen molar-refractivity contribution in [1.29, 1.82) is 0 Å². The first kappa shape index (κ1) is 20.4. The van der Waals surface area contributed by atoms with Gasteiger partial charge in [-0.15, -0.1) is 0 Å². The molecule has 2 aromatic carbocycles. The average Bonchev–Trinajstić information content (AvgIpc) is 3.48. The summed E-state index contributed by atoms with van der Waals surface area (Å²) in [7, 11) is -1.13. The summed E-state index contributed by atoms with van der Waals surface area (Å²) in [4.78, 5) is 15.1. The number of nitrogens with one attached hydrogen (secondary N) is 1. The number of anilines is 4. The van der Waals surface area contributed by atoms with Crippen molar-refractivity contribution in [2.45, 2.75) is 24.2 Å². The quantitative estimate of drug-likeness (QED) is 0.621. The highest BCUT2D eigenvalue weighted by molar-refractivity contribution is 7.85. The second kappa shape index (κ2) is 7.77. The van der Waals surface area contributed by atoms with Gasteiger partial charge in [-0.2, -0.15) is 4.98 Å². The Morgan fingerprint density at radius 1 is 0.912 bits per heavy atom. The fraction of sp³-hybridized carbons (Fsp3) is 0.385. The number of aryl methyl sites for hydroxylation is 3. The lowest BCUT2D eigenvalue weighted by molar-refractivity contribution is 0.533. The van der Waals surface area contributed by atoms with Crippen LogP contribution < -0.4 is 15.1 Å². The van der Waals surface area contributed by atoms with Crippen LogP contribution in [0.2, 0.25) is 0 Å². The first-order valence-electron chi connectivity index (χ1n) is 12.0. The first-order chi connectivity index (χ1) is 16.6. The van der Waals surface area contributed by atoms with Gasteiger partial charge in [0.1, 0.15) is 10.7 Å². The molecule has 3 aliphatic heterocycles. The van der Waals surface area contributed by atoms with Gasteiger partial charge in [0, 0.05) is 61.6 Å². The van der Waals surface area contributed by atoms with Crippen molar-refractivity contribution in [2.75, 3.05) is 47.0 Å². The Morgan fingerprint density at radius 2 is 1.71 bits per heavy atom. The van der Waals surface area contributed by atoms with Gasteiger partial charge >= 0.3 is 0 Å². The molecule has 2 saturated heterocycles. The van der Waals surface area contributed by atoms with E-state index in [1.54, 1.807) is 12.1 Å². The molecule has 1 aromatic heterocycles. The van der Waals surface area contributed by atoms with Crippen LogP contribution in [0.4, 0.5) is 27.5 Å². The van der Waals surface area contributed by atoms with Gasteiger partial charge in [-0.25, -0.2) is 9.37 Å². The van der Waals surface area contributed by atoms with Crippen molar-refractivity contribution in [3.05, 3.63) is 65.1 Å². The zero-order valence-electron chi connectivity index (χ0n) is 18.8. The Morgan fingerprint density at radius 3 is 2.44 bits per heavy atom. The average molecular weight is 476 g/mol. The highest BCUT2D eigenvalue weighted by Crippen LogP contribution is 2.38. The predicted octanol–water partition coefficient (Wildman–Crippen LogP) is 3.69. The molecule has 8 heteroatoms. The van der Waals surface area contributed by atoms with E-state index >= 15 is 0 Å². The van der Waals surface area contributed by atoms with Gasteiger partial charge < -0.3 is 15.1 Å². The number of nitrogens with zero attached hydrogens (tertiary/aromatic N) is 4. The molecule has 3 aromatic rings. The minimum Gasteiger partial charge on any atom is -0.371 e. The summed E-state index contributed by atoms with van der Waals surface area (Å²) in [5, 5.41) is 3.21. The third kappa shape index (κ3) is 3.38. The summed E-state index contributed by atoms with van der Waals surface area (Å²) in [6.07, 6.45) is 3.12. The molecule has 174 valence electrons. The molecule has 0 radical (unpaired) electrons. The number of halogens is 1. The van der Waals surface area contributed by atoms with E-state index in [0.717, 1.165) is 31.9 Å². The zero-order valence-corrected chi connectivity index (χ0v) is 19.7. The van der Waals surface area contributed by atoms with E-state index in [2.05, 4.69) is 33.3 Å². The molecule has 0 spiro atoms. The Kier molecular flexibility index (Phi) is 4.65. The van der Waals surface area contributed by atoms with Crippen LogP contribution in [0.1, 0.15) is 16.8 Å². The van der Waals surface area contributed by atoms with E-state index in [-0.39, 0.29) is 5.82 Å². The molecule has 0 saturated carbocycles. The third-order valence-corrected chi connectivity index (χ3v) is 9.21. The zero-order chi connectivity index (χ0) is 22.8. The molecule has 7 rings (SSSR count). The normalized spacial score (nSPS) is 24.6. The Hall–Kier alpha value is -3.00. The summed E-state index contributed by atoms with van der Waals surface area (Å²) in [6.45, 7) is 3.97. The van der Waals surface area contributed by atoms with Gasteiger partial charge in [0.05, 0.1) is 16.5 Å². The maximum absolute atomic E-state index is 13.7. The Labute approximate surface area is 200 Å². The fourth-order valence-electron chi connectivity index (χ4n) is 5.86. The summed E-state index contributed by atoms with van der Waals surface area (Å²) < 4.78 is 26.4. The molecule has 3 atom stereocenters. The molecule has 1 N–H and O–H groups in total. The summed E-state index contributed by atoms with van der Waals surface area (Å²) in [5.41, 5.74) is 5.83. The maximum Gasteiger partial charge on any atom is 0.227 e. The fourth-order valence-corrected chi connectivity index (χ4v) is 7.16. The van der Waals surface area contributed by atoms with Gasteiger partial charge in [-0.05, 0) is 54.3 Å². The molecular weight excluding hydrogens is 449 g/mol. The second-order valence-electron chi connectivity index (χ2n) is 9.87. The molecule has 2 unspecified atom stereocenters. The molecule has 0 amide bonds. The molecule has 2 fully saturated rings. The van der Waals surface area contributed by atoms with Crippen LogP contribution in [0.15, 0.2) is 47.4 Å². The van der Waals surface area contributed by atoms with Crippen molar-refractivity contribution in [3.8, 4) is 0 Å². The number of hydrogen-bond donors (Lipinski definition) is 1. The molecule has 4 aliphatic rings. The van der Waals surface area contributed by atoms with E-state index in [0.29, 0.717) is 46.4 Å². The van der Waals surface area contributed by atoms with Crippen LogP contribution in [0.3, 0.4) is 0 Å². The van der Waals surface area contributed by atoms with Crippen LogP contribution in [0, 0.1) is 17.7 Å². The number of aromatic nitrogens is 2. The van der Waals surface area contributed by atoms with Gasteiger partial charge in [0.25, 0.3) is 0 Å². The summed E-state index contributed by atoms with van der Waals surface area (Å²) in [6, 6.07) is 13.2. The summed E-state index contributed by atoms with van der Waals surface area (Å²) in [5.74, 6) is 2.64. The maximum atomic E-state index is 13.7. The topological polar surface area (TPSA) is 61.4 Å². The Bertz CT molecular complexity index is 1320. The van der Waals surface area contributed by atoms with Crippen LogP contribution in [0.5, 0.6) is 0 Å². The van der Waals surface area contributed by atoms with Gasteiger partial charge in [0.15, 0.2) is 5.82 Å². The lowest BCUT2D eigenvalue weighted by atomic mass is 9.88. The minimum absolute atomic E-state index is 0.318. The number of benzene rings is 2. The van der Waals surface area contributed by atoms with E-state index in [4.69, 9.17) is 9.97 Å². The second-order valence-corrected chi connectivity index (χ2v) is 11.4. The predicted molar refractivity (Wildman–Crippen MR) is 132 cm³/mol. The van der Waals surface area contributed by atoms with Crippen LogP contribution in [-0.4, -0.2) is 46.1 Å². The van der Waals surface area contributed by atoms with E-state index in [1.165, 1.54) is 41.8 Å². The molecule has 6 nitrogen and oxygen atoms in total. The van der Waals surface area contributed by atoms with Crippen molar-refractivity contribution >= 4 is 33.9 Å². The molecular formula is C26H26FN5OS. The smallest absolute Gasteiger partial charge is 0.227 e. The Balaban J connectivity index is 1.12. The van der Waals surface area contributed by atoms with E-state index in [9.17, 15) is 8.60 Å². The highest BCUT2D eigenvalue weighted by atomic mass is 32.2. The number of hydrogen-bond acceptors (Lipinski definition) is 6. The van der Waals surface area contributed by atoms with Crippen LogP contribution in [-0.2, 0) is 30.1 Å². The lowest BCUT2D eigenvalue weighted by Gasteiger charge is -2.26. The largest absolute Gasteiger partial charge is 0.371 e. The lowest BCUT2D eigenvalue weighted by Crippen LogP contribution is -2.30. The monoisotopic (exact) mass is 475 g/mol. The molecule has 4 heterocycles. The summed E-state index contributed by atoms with van der Waals surface area (Å²) >= 11 is 0. The van der Waals surface area contributed by atoms with Crippen molar-refractivity contribution < 1.29 is 8.60 Å². The van der Waals surface area contributed by atoms with Crippen molar-refractivity contribution in [2.24, 2.45) is 11.8 Å². The van der Waals surface area contributed by atoms with E-state index in [1.807, 2.05) is 0 Å². The minimum atomic E-state index is -1.13. The highest BCUT2D eigenvalue weighted by Gasteiger charge is 2.41. The van der Waals surface area contributed by atoms with Crippen molar-refractivity contribution in [3.63, 3.8) is 0 Å². The number of rotatable bonds is 4. The van der Waals surface area contributed by atoms with Crippen molar-refractivity contribution in [1.82, 2.24) is 9.97 Å². The number of fused-ring (bicyclic) bond motifs is 3. The molecule has 34 heavy (non-hydrogen) atoms. The van der Waals surface area contributed by atoms with Gasteiger partial charge in [-0.1, -0.05) is 12.1 Å². The van der Waals surface area contributed by atoms with E-state index < -0.39 is 10.8 Å². The van der Waals surface area contributed by atoms with Gasteiger partial charge in [0.2, 0.25) is 5.95 Å². The molecule has 1 aliphatic carbocycles. The van der Waals surface area contributed by atoms with Crippen LogP contribution in [0.25, 0.3) is 0 Å². The SMILES string of the molecule is O=[S@@]1CCc2nc(N3CC4CN(c5ccc6c(c5)CC6)CC4C3)nc(Nc3cccc(F)c3)c21.